The number of amides is 1. The normalized spacial score (nSPS) is 25.5. The van der Waals surface area contributed by atoms with Gasteiger partial charge < -0.3 is 9.80 Å². The molecule has 0 aromatic rings. The lowest BCUT2D eigenvalue weighted by atomic mass is 10.0. The van der Waals surface area contributed by atoms with E-state index in [0.29, 0.717) is 0 Å². The molecule has 1 atom stereocenters. The Kier molecular flexibility index (Phi) is 2.74. The van der Waals surface area contributed by atoms with Crippen LogP contribution in [0.15, 0.2) is 16.3 Å². The zero-order valence-corrected chi connectivity index (χ0v) is 10.4. The summed E-state index contributed by atoms with van der Waals surface area (Å²) in [5, 5.41) is 0. The fourth-order valence-electron chi connectivity index (χ4n) is 2.35. The Morgan fingerprint density at radius 3 is 2.69 bits per heavy atom. The smallest absolute Gasteiger partial charge is 0.219 e. The van der Waals surface area contributed by atoms with Crippen molar-refractivity contribution in [1.82, 2.24) is 9.80 Å². The molecule has 0 N–H and O–H groups in total. The standard InChI is InChI=1S/C12H19N3O/c1-8-9(2)13-10(3)15-6-5-14(11(4)16)7-12(8)15/h9H,5-7H2,1-4H3/t9-/m0/s1. The van der Waals surface area contributed by atoms with Gasteiger partial charge in [0.15, 0.2) is 0 Å². The molecule has 0 bridgehead atoms. The van der Waals surface area contributed by atoms with E-state index in [1.807, 2.05) is 11.8 Å². The third kappa shape index (κ3) is 1.72. The molecule has 0 radical (unpaired) electrons. The first-order valence-corrected chi connectivity index (χ1v) is 5.78. The van der Waals surface area contributed by atoms with E-state index in [2.05, 4.69) is 23.7 Å². The lowest BCUT2D eigenvalue weighted by Gasteiger charge is -2.41. The second kappa shape index (κ2) is 3.92. The summed E-state index contributed by atoms with van der Waals surface area (Å²) < 4.78 is 0. The number of hydrogen-bond acceptors (Lipinski definition) is 3. The highest BCUT2D eigenvalue weighted by atomic mass is 16.2. The maximum Gasteiger partial charge on any atom is 0.219 e. The van der Waals surface area contributed by atoms with E-state index < -0.39 is 0 Å². The Hall–Kier alpha value is -1.32. The monoisotopic (exact) mass is 221 g/mol. The minimum Gasteiger partial charge on any atom is -0.335 e. The van der Waals surface area contributed by atoms with Crippen molar-refractivity contribution in [2.24, 2.45) is 4.99 Å². The predicted octanol–water partition coefficient (Wildman–Crippen LogP) is 1.24. The van der Waals surface area contributed by atoms with Crippen molar-refractivity contribution >= 4 is 11.7 Å². The van der Waals surface area contributed by atoms with E-state index in [1.54, 1.807) is 6.92 Å². The lowest BCUT2D eigenvalue weighted by Crippen LogP contribution is -2.50. The van der Waals surface area contributed by atoms with Crippen LogP contribution in [0.4, 0.5) is 0 Å². The van der Waals surface area contributed by atoms with Gasteiger partial charge in [-0.25, -0.2) is 0 Å². The van der Waals surface area contributed by atoms with E-state index in [4.69, 9.17) is 0 Å². The zero-order valence-electron chi connectivity index (χ0n) is 10.4. The van der Waals surface area contributed by atoms with Gasteiger partial charge in [0.2, 0.25) is 5.91 Å². The molecule has 2 heterocycles. The molecular formula is C12H19N3O. The van der Waals surface area contributed by atoms with Crippen LogP contribution in [0.5, 0.6) is 0 Å². The number of carbonyl (C=O) groups is 1. The summed E-state index contributed by atoms with van der Waals surface area (Å²) in [5.74, 6) is 1.24. The van der Waals surface area contributed by atoms with E-state index in [9.17, 15) is 4.79 Å². The highest BCUT2D eigenvalue weighted by Crippen LogP contribution is 2.25. The number of hydrogen-bond donors (Lipinski definition) is 0. The quantitative estimate of drug-likeness (QED) is 0.617. The number of amidine groups is 1. The van der Waals surface area contributed by atoms with Gasteiger partial charge in [-0.2, -0.15) is 0 Å². The number of rotatable bonds is 0. The van der Waals surface area contributed by atoms with Crippen LogP contribution in [0, 0.1) is 0 Å². The third-order valence-electron chi connectivity index (χ3n) is 3.56. The number of nitrogens with zero attached hydrogens (tertiary/aromatic N) is 3. The first-order chi connectivity index (χ1) is 7.50. The summed E-state index contributed by atoms with van der Waals surface area (Å²) in [6.45, 7) is 10.3. The topological polar surface area (TPSA) is 35.9 Å². The average Bonchev–Trinajstić information content (AvgIpc) is 2.25. The SMILES string of the molecule is CC(=O)N1CCN2C(C)=N[C@@H](C)C(C)=C2C1. The van der Waals surface area contributed by atoms with E-state index in [1.165, 1.54) is 11.3 Å². The van der Waals surface area contributed by atoms with Gasteiger partial charge in [-0.15, -0.1) is 0 Å². The van der Waals surface area contributed by atoms with E-state index in [-0.39, 0.29) is 11.9 Å². The minimum absolute atomic E-state index is 0.160. The van der Waals surface area contributed by atoms with Crippen LogP contribution in [-0.2, 0) is 4.79 Å². The van der Waals surface area contributed by atoms with Crippen molar-refractivity contribution in [3.8, 4) is 0 Å². The summed E-state index contributed by atoms with van der Waals surface area (Å²) in [6, 6.07) is 0.248. The molecule has 1 amide bonds. The molecule has 0 aromatic carbocycles. The summed E-state index contributed by atoms with van der Waals surface area (Å²) in [7, 11) is 0. The van der Waals surface area contributed by atoms with Crippen molar-refractivity contribution in [1.29, 1.82) is 0 Å². The van der Waals surface area contributed by atoms with Gasteiger partial charge in [0.05, 0.1) is 12.6 Å². The van der Waals surface area contributed by atoms with Gasteiger partial charge in [-0.05, 0) is 26.3 Å². The van der Waals surface area contributed by atoms with Crippen LogP contribution in [-0.4, -0.2) is 47.2 Å². The Balaban J connectivity index is 2.28. The van der Waals surface area contributed by atoms with Crippen LogP contribution in [0.2, 0.25) is 0 Å². The van der Waals surface area contributed by atoms with Gasteiger partial charge in [0, 0.05) is 25.7 Å². The predicted molar refractivity (Wildman–Crippen MR) is 64.2 cm³/mol. The molecule has 0 unspecified atom stereocenters. The zero-order chi connectivity index (χ0) is 11.9. The minimum atomic E-state index is 0.160. The largest absolute Gasteiger partial charge is 0.335 e. The first kappa shape index (κ1) is 11.2. The Bertz CT molecular complexity index is 384. The molecule has 1 fully saturated rings. The highest BCUT2D eigenvalue weighted by molar-refractivity contribution is 5.84. The van der Waals surface area contributed by atoms with Gasteiger partial charge >= 0.3 is 0 Å². The lowest BCUT2D eigenvalue weighted by molar-refractivity contribution is -0.129. The van der Waals surface area contributed by atoms with Crippen molar-refractivity contribution in [3.05, 3.63) is 11.3 Å². The van der Waals surface area contributed by atoms with Crippen molar-refractivity contribution in [2.75, 3.05) is 19.6 Å². The van der Waals surface area contributed by atoms with Crippen molar-refractivity contribution < 1.29 is 4.79 Å². The number of fused-ring (bicyclic) bond motifs is 1. The Labute approximate surface area is 96.6 Å². The molecule has 0 aliphatic carbocycles. The van der Waals surface area contributed by atoms with Gasteiger partial charge in [0.1, 0.15) is 5.84 Å². The Morgan fingerprint density at radius 2 is 2.06 bits per heavy atom. The first-order valence-electron chi connectivity index (χ1n) is 5.78. The molecule has 0 saturated carbocycles. The molecular weight excluding hydrogens is 202 g/mol. The molecule has 0 aromatic heterocycles. The fourth-order valence-corrected chi connectivity index (χ4v) is 2.35. The van der Waals surface area contributed by atoms with Crippen molar-refractivity contribution in [3.63, 3.8) is 0 Å². The van der Waals surface area contributed by atoms with Crippen LogP contribution in [0.1, 0.15) is 27.7 Å². The average molecular weight is 221 g/mol. The highest BCUT2D eigenvalue weighted by Gasteiger charge is 2.29. The van der Waals surface area contributed by atoms with Gasteiger partial charge in [0.25, 0.3) is 0 Å². The molecule has 88 valence electrons. The maximum absolute atomic E-state index is 11.4. The molecule has 16 heavy (non-hydrogen) atoms. The molecule has 0 spiro atoms. The fraction of sp³-hybridized carbons (Fsp3) is 0.667. The maximum atomic E-state index is 11.4. The molecule has 2 aliphatic heterocycles. The summed E-state index contributed by atoms with van der Waals surface area (Å²) >= 11 is 0. The second-order valence-electron chi connectivity index (χ2n) is 4.57. The molecule has 2 rings (SSSR count). The van der Waals surface area contributed by atoms with E-state index in [0.717, 1.165) is 25.5 Å². The number of carbonyl (C=O) groups excluding carboxylic acids is 1. The number of aliphatic imine (C=N–C) groups is 1. The third-order valence-corrected chi connectivity index (χ3v) is 3.56. The summed E-state index contributed by atoms with van der Waals surface area (Å²) in [6.07, 6.45) is 0. The molecule has 4 nitrogen and oxygen atoms in total. The number of piperazine rings is 1. The van der Waals surface area contributed by atoms with Crippen molar-refractivity contribution in [2.45, 2.75) is 33.7 Å². The van der Waals surface area contributed by atoms with E-state index >= 15 is 0 Å². The van der Waals surface area contributed by atoms with Crippen LogP contribution in [0.25, 0.3) is 0 Å². The van der Waals surface area contributed by atoms with Crippen LogP contribution < -0.4 is 0 Å². The van der Waals surface area contributed by atoms with Gasteiger partial charge in [-0.1, -0.05) is 0 Å². The van der Waals surface area contributed by atoms with Crippen LogP contribution in [0.3, 0.4) is 0 Å². The Morgan fingerprint density at radius 1 is 1.38 bits per heavy atom. The second-order valence-corrected chi connectivity index (χ2v) is 4.57. The molecule has 2 aliphatic rings. The van der Waals surface area contributed by atoms with Crippen LogP contribution >= 0.6 is 0 Å². The summed E-state index contributed by atoms with van der Waals surface area (Å²) in [4.78, 5) is 20.1. The molecule has 4 heteroatoms. The van der Waals surface area contributed by atoms with Gasteiger partial charge in [-0.3, -0.25) is 9.79 Å². The summed E-state index contributed by atoms with van der Waals surface area (Å²) in [5.41, 5.74) is 2.55. The molecule has 1 saturated heterocycles.